The number of likely N-dealkylation sites (tertiary alicyclic amines) is 1. The fraction of sp³-hybridized carbons (Fsp3) is 0.167. The number of aliphatic carboxylic acids is 1. The van der Waals surface area contributed by atoms with Crippen molar-refractivity contribution in [1.29, 1.82) is 0 Å². The summed E-state index contributed by atoms with van der Waals surface area (Å²) in [5.74, 6) is 4.93. The van der Waals surface area contributed by atoms with Crippen LogP contribution in [-0.4, -0.2) is 50.2 Å². The van der Waals surface area contributed by atoms with Gasteiger partial charge in [-0.3, -0.25) is 14.6 Å². The summed E-state index contributed by atoms with van der Waals surface area (Å²) >= 11 is 0. The molecule has 4 aromatic rings. The Labute approximate surface area is 213 Å². The Bertz CT molecular complexity index is 1580. The van der Waals surface area contributed by atoms with Gasteiger partial charge in [-0.2, -0.15) is 0 Å². The number of amides is 1. The van der Waals surface area contributed by atoms with Crippen molar-refractivity contribution >= 4 is 28.6 Å². The zero-order chi connectivity index (χ0) is 25.9. The molecule has 1 fully saturated rings. The number of Topliss-reactive ketones (excluding diaryl/α,β-unsaturated/α-hetero) is 1. The van der Waals surface area contributed by atoms with Crippen LogP contribution in [0.2, 0.25) is 0 Å². The van der Waals surface area contributed by atoms with E-state index in [0.717, 1.165) is 22.1 Å². The first-order valence-corrected chi connectivity index (χ1v) is 11.9. The Kier molecular flexibility index (Phi) is 6.48. The number of carboxylic acids is 1. The topological polar surface area (TPSA) is 100 Å². The van der Waals surface area contributed by atoms with Gasteiger partial charge in [0, 0.05) is 52.1 Å². The molecule has 7 heteroatoms. The maximum absolute atomic E-state index is 12.7. The third-order valence-electron chi connectivity index (χ3n) is 6.45. The van der Waals surface area contributed by atoms with Crippen molar-refractivity contribution in [3.63, 3.8) is 0 Å². The Morgan fingerprint density at radius 1 is 0.973 bits per heavy atom. The molecule has 2 aromatic carbocycles. The van der Waals surface area contributed by atoms with E-state index in [1.165, 1.54) is 11.8 Å². The molecule has 0 spiro atoms. The maximum Gasteiger partial charge on any atom is 0.326 e. The Morgan fingerprint density at radius 3 is 2.30 bits per heavy atom. The average molecular weight is 490 g/mol. The molecule has 0 unspecified atom stereocenters. The number of carbonyl (C=O) groups excluding carboxylic acids is 2. The molecule has 7 nitrogen and oxygen atoms in total. The van der Waals surface area contributed by atoms with Crippen LogP contribution in [0, 0.1) is 11.8 Å². The lowest BCUT2D eigenvalue weighted by atomic mass is 10.0. The van der Waals surface area contributed by atoms with E-state index in [4.69, 9.17) is 0 Å². The summed E-state index contributed by atoms with van der Waals surface area (Å²) in [6, 6.07) is 17.3. The minimum atomic E-state index is -0.965. The minimum Gasteiger partial charge on any atom is -0.480 e. The molecule has 3 heterocycles. The standard InChI is InChI=1S/C30H23N3O4/c1-19(34)24-17-27(32-26-14-15-31-18-25(24)26)22-10-6-20(7-11-22)4-5-21-8-12-23(13-9-21)29(35)33-16-2-3-28(33)30(36)37/h6-15,17-18,28H,2-3,16H2,1H3,(H,36,37)/t28-/m0/s1. The molecule has 0 aliphatic carbocycles. The van der Waals surface area contributed by atoms with Crippen LogP contribution in [0.15, 0.2) is 73.1 Å². The summed E-state index contributed by atoms with van der Waals surface area (Å²) in [6.45, 7) is 1.99. The third kappa shape index (κ3) is 4.95. The number of hydrogen-bond acceptors (Lipinski definition) is 5. The molecule has 1 amide bonds. The van der Waals surface area contributed by atoms with Crippen LogP contribution in [0.4, 0.5) is 0 Å². The van der Waals surface area contributed by atoms with Crippen LogP contribution in [0.5, 0.6) is 0 Å². The molecule has 1 saturated heterocycles. The van der Waals surface area contributed by atoms with E-state index in [0.29, 0.717) is 41.7 Å². The van der Waals surface area contributed by atoms with Crippen LogP contribution in [0.3, 0.4) is 0 Å². The second kappa shape index (κ2) is 10.0. The normalized spacial score (nSPS) is 14.7. The van der Waals surface area contributed by atoms with Gasteiger partial charge in [-0.1, -0.05) is 24.0 Å². The lowest BCUT2D eigenvalue weighted by molar-refractivity contribution is -0.141. The van der Waals surface area contributed by atoms with E-state index in [1.807, 2.05) is 24.3 Å². The van der Waals surface area contributed by atoms with E-state index in [9.17, 15) is 19.5 Å². The van der Waals surface area contributed by atoms with Gasteiger partial charge in [0.05, 0.1) is 11.2 Å². The Hall–Kier alpha value is -4.83. The van der Waals surface area contributed by atoms with Gasteiger partial charge in [-0.05, 0) is 68.3 Å². The lowest BCUT2D eigenvalue weighted by Crippen LogP contribution is -2.40. The smallest absolute Gasteiger partial charge is 0.326 e. The molecule has 1 N–H and O–H groups in total. The Morgan fingerprint density at radius 2 is 1.65 bits per heavy atom. The summed E-state index contributed by atoms with van der Waals surface area (Å²) in [4.78, 5) is 46.5. The molecule has 0 radical (unpaired) electrons. The van der Waals surface area contributed by atoms with Gasteiger partial charge in [-0.25, -0.2) is 9.78 Å². The molecular formula is C30H23N3O4. The largest absolute Gasteiger partial charge is 0.480 e. The highest BCUT2D eigenvalue weighted by Gasteiger charge is 2.34. The number of ketones is 1. The first kappa shape index (κ1) is 23.9. The maximum atomic E-state index is 12.7. The fourth-order valence-corrected chi connectivity index (χ4v) is 4.50. The summed E-state index contributed by atoms with van der Waals surface area (Å²) in [6.07, 6.45) is 4.49. The number of fused-ring (bicyclic) bond motifs is 1. The van der Waals surface area contributed by atoms with Crippen molar-refractivity contribution in [3.8, 4) is 23.1 Å². The molecule has 5 rings (SSSR count). The number of rotatable bonds is 4. The number of carboxylic acid groups (broad SMARTS) is 1. The summed E-state index contributed by atoms with van der Waals surface area (Å²) in [5.41, 5.74) is 4.87. The first-order valence-electron chi connectivity index (χ1n) is 11.9. The summed E-state index contributed by atoms with van der Waals surface area (Å²) in [5, 5.41) is 10.1. The van der Waals surface area contributed by atoms with E-state index in [-0.39, 0.29) is 11.7 Å². The van der Waals surface area contributed by atoms with Crippen molar-refractivity contribution < 1.29 is 19.5 Å². The highest BCUT2D eigenvalue weighted by molar-refractivity contribution is 6.06. The number of pyridine rings is 2. The molecule has 1 atom stereocenters. The first-order chi connectivity index (χ1) is 17.9. The van der Waals surface area contributed by atoms with Crippen molar-refractivity contribution in [3.05, 3.63) is 95.3 Å². The van der Waals surface area contributed by atoms with Crippen molar-refractivity contribution in [2.24, 2.45) is 0 Å². The second-order valence-electron chi connectivity index (χ2n) is 8.90. The van der Waals surface area contributed by atoms with E-state index in [1.54, 1.807) is 48.8 Å². The van der Waals surface area contributed by atoms with E-state index >= 15 is 0 Å². The number of aromatic nitrogens is 2. The Balaban J connectivity index is 1.33. The van der Waals surface area contributed by atoms with Gasteiger partial charge in [0.1, 0.15) is 6.04 Å². The van der Waals surface area contributed by atoms with Crippen LogP contribution >= 0.6 is 0 Å². The van der Waals surface area contributed by atoms with Crippen molar-refractivity contribution in [2.45, 2.75) is 25.8 Å². The molecule has 0 saturated carbocycles. The van der Waals surface area contributed by atoms with Gasteiger partial charge >= 0.3 is 5.97 Å². The van der Waals surface area contributed by atoms with Gasteiger partial charge in [0.2, 0.25) is 0 Å². The number of nitrogens with zero attached hydrogens (tertiary/aromatic N) is 3. The predicted octanol–water partition coefficient (Wildman–Crippen LogP) is 4.59. The fourth-order valence-electron chi connectivity index (χ4n) is 4.50. The van der Waals surface area contributed by atoms with Crippen LogP contribution in [0.1, 0.15) is 51.6 Å². The van der Waals surface area contributed by atoms with Gasteiger partial charge in [0.25, 0.3) is 5.91 Å². The zero-order valence-corrected chi connectivity index (χ0v) is 20.1. The van der Waals surface area contributed by atoms with Gasteiger partial charge in [0.15, 0.2) is 5.78 Å². The predicted molar refractivity (Wildman–Crippen MR) is 139 cm³/mol. The second-order valence-corrected chi connectivity index (χ2v) is 8.90. The number of carbonyl (C=O) groups is 3. The molecule has 2 aromatic heterocycles. The SMILES string of the molecule is CC(=O)c1cc(-c2ccc(C#Cc3ccc(C(=O)N4CCC[C@H]4C(=O)O)cc3)cc2)nc2ccncc12. The lowest BCUT2D eigenvalue weighted by Gasteiger charge is -2.21. The summed E-state index contributed by atoms with van der Waals surface area (Å²) < 4.78 is 0. The molecule has 1 aliphatic heterocycles. The highest BCUT2D eigenvalue weighted by atomic mass is 16.4. The average Bonchev–Trinajstić information content (AvgIpc) is 3.42. The molecule has 0 bridgehead atoms. The van der Waals surface area contributed by atoms with E-state index < -0.39 is 12.0 Å². The van der Waals surface area contributed by atoms with Crippen LogP contribution in [0.25, 0.3) is 22.2 Å². The summed E-state index contributed by atoms with van der Waals surface area (Å²) in [7, 11) is 0. The van der Waals surface area contributed by atoms with E-state index in [2.05, 4.69) is 21.8 Å². The molecular weight excluding hydrogens is 466 g/mol. The number of hydrogen-bond donors (Lipinski definition) is 1. The monoisotopic (exact) mass is 489 g/mol. The van der Waals surface area contributed by atoms with Crippen LogP contribution in [-0.2, 0) is 4.79 Å². The quantitative estimate of drug-likeness (QED) is 0.333. The third-order valence-corrected chi connectivity index (χ3v) is 6.45. The van der Waals surface area contributed by atoms with Crippen molar-refractivity contribution in [2.75, 3.05) is 6.54 Å². The van der Waals surface area contributed by atoms with Gasteiger partial charge in [-0.15, -0.1) is 0 Å². The zero-order valence-electron chi connectivity index (χ0n) is 20.1. The minimum absolute atomic E-state index is 0.0426. The number of benzene rings is 2. The molecule has 37 heavy (non-hydrogen) atoms. The molecule has 182 valence electrons. The van der Waals surface area contributed by atoms with Gasteiger partial charge < -0.3 is 10.0 Å². The molecule has 1 aliphatic rings. The van der Waals surface area contributed by atoms with Crippen molar-refractivity contribution in [1.82, 2.24) is 14.9 Å². The highest BCUT2D eigenvalue weighted by Crippen LogP contribution is 2.25. The van der Waals surface area contributed by atoms with Crippen LogP contribution < -0.4 is 0 Å².